The third-order valence-corrected chi connectivity index (χ3v) is 4.29. The average molecular weight is 280 g/mol. The molecule has 0 aromatic carbocycles. The molecule has 3 amide bonds. The van der Waals surface area contributed by atoms with Crippen molar-refractivity contribution in [1.82, 2.24) is 20.0 Å². The van der Waals surface area contributed by atoms with Crippen LogP contribution in [0.3, 0.4) is 0 Å². The van der Waals surface area contributed by atoms with E-state index >= 15 is 0 Å². The molecule has 0 aliphatic carbocycles. The summed E-state index contributed by atoms with van der Waals surface area (Å²) in [5.41, 5.74) is 0. The lowest BCUT2D eigenvalue weighted by Crippen LogP contribution is -2.59. The van der Waals surface area contributed by atoms with Crippen LogP contribution in [-0.2, 0) is 14.4 Å². The average Bonchev–Trinajstić information content (AvgIpc) is 2.95. The lowest BCUT2D eigenvalue weighted by molar-refractivity contribution is -0.156. The van der Waals surface area contributed by atoms with Crippen molar-refractivity contribution in [3.63, 3.8) is 0 Å². The van der Waals surface area contributed by atoms with Gasteiger partial charge in [-0.25, -0.2) is 0 Å². The number of hydrogen-bond donors (Lipinski definition) is 1. The van der Waals surface area contributed by atoms with Crippen LogP contribution in [0.5, 0.6) is 0 Å². The van der Waals surface area contributed by atoms with Gasteiger partial charge in [0, 0.05) is 32.7 Å². The van der Waals surface area contributed by atoms with Crippen LogP contribution in [0.25, 0.3) is 0 Å². The van der Waals surface area contributed by atoms with E-state index in [1.54, 1.807) is 9.80 Å². The molecule has 0 aromatic rings. The van der Waals surface area contributed by atoms with Gasteiger partial charge >= 0.3 is 0 Å². The second-order valence-corrected chi connectivity index (χ2v) is 5.57. The maximum Gasteiger partial charge on any atom is 0.246 e. The van der Waals surface area contributed by atoms with Crippen LogP contribution in [0.15, 0.2) is 0 Å². The second-order valence-electron chi connectivity index (χ2n) is 5.57. The molecule has 3 saturated heterocycles. The van der Waals surface area contributed by atoms with Crippen molar-refractivity contribution < 1.29 is 14.4 Å². The highest BCUT2D eigenvalue weighted by Crippen LogP contribution is 2.23. The van der Waals surface area contributed by atoms with Crippen molar-refractivity contribution in [2.24, 2.45) is 0 Å². The number of piperazine rings is 2. The molecule has 20 heavy (non-hydrogen) atoms. The van der Waals surface area contributed by atoms with Gasteiger partial charge in [0.15, 0.2) is 0 Å². The van der Waals surface area contributed by atoms with Crippen molar-refractivity contribution in [2.75, 3.05) is 45.8 Å². The summed E-state index contributed by atoms with van der Waals surface area (Å²) in [4.78, 5) is 41.3. The first-order valence-corrected chi connectivity index (χ1v) is 7.23. The molecule has 0 spiro atoms. The van der Waals surface area contributed by atoms with Crippen LogP contribution in [0.4, 0.5) is 0 Å². The standard InChI is InChI=1S/C13H20N4O3/c18-11(15-6-3-14-4-7-15)8-16-9-12(19)17-5-1-2-10(17)13(16)20/h10,14H,1-9H2. The van der Waals surface area contributed by atoms with Gasteiger partial charge in [0.2, 0.25) is 17.7 Å². The summed E-state index contributed by atoms with van der Waals surface area (Å²) in [6.45, 7) is 3.68. The Morgan fingerprint density at radius 2 is 1.95 bits per heavy atom. The van der Waals surface area contributed by atoms with Gasteiger partial charge in [-0.15, -0.1) is 0 Å². The molecule has 0 radical (unpaired) electrons. The minimum Gasteiger partial charge on any atom is -0.339 e. The van der Waals surface area contributed by atoms with E-state index in [9.17, 15) is 14.4 Å². The lowest BCUT2D eigenvalue weighted by atomic mass is 10.1. The number of carbonyl (C=O) groups excluding carboxylic acids is 3. The normalized spacial score (nSPS) is 27.0. The maximum atomic E-state index is 12.3. The smallest absolute Gasteiger partial charge is 0.246 e. The fourth-order valence-electron chi connectivity index (χ4n) is 3.18. The Bertz CT molecular complexity index is 433. The van der Waals surface area contributed by atoms with E-state index in [4.69, 9.17) is 0 Å². The van der Waals surface area contributed by atoms with Crippen LogP contribution in [-0.4, -0.2) is 84.3 Å². The summed E-state index contributed by atoms with van der Waals surface area (Å²) >= 11 is 0. The van der Waals surface area contributed by atoms with Gasteiger partial charge < -0.3 is 20.0 Å². The fraction of sp³-hybridized carbons (Fsp3) is 0.769. The molecule has 3 fully saturated rings. The third kappa shape index (κ3) is 2.37. The van der Waals surface area contributed by atoms with Crippen molar-refractivity contribution in [3.8, 4) is 0 Å². The third-order valence-electron chi connectivity index (χ3n) is 4.29. The zero-order chi connectivity index (χ0) is 14.1. The molecule has 0 saturated carbocycles. The fourth-order valence-corrected chi connectivity index (χ4v) is 3.18. The molecular formula is C13H20N4O3. The number of fused-ring (bicyclic) bond motifs is 1. The Balaban J connectivity index is 1.63. The van der Waals surface area contributed by atoms with Gasteiger partial charge in [0.25, 0.3) is 0 Å². The van der Waals surface area contributed by atoms with Gasteiger partial charge in [0.05, 0.1) is 0 Å². The SMILES string of the molecule is O=C(CN1CC(=O)N2CCCC2C1=O)N1CCNCC1. The number of nitrogens with zero attached hydrogens (tertiary/aromatic N) is 3. The quantitative estimate of drug-likeness (QED) is 0.651. The summed E-state index contributed by atoms with van der Waals surface area (Å²) in [6, 6.07) is -0.327. The largest absolute Gasteiger partial charge is 0.339 e. The predicted octanol–water partition coefficient (Wildman–Crippen LogP) is -1.75. The summed E-state index contributed by atoms with van der Waals surface area (Å²) in [6.07, 6.45) is 1.60. The van der Waals surface area contributed by atoms with Gasteiger partial charge in [-0.2, -0.15) is 0 Å². The van der Waals surface area contributed by atoms with Crippen molar-refractivity contribution in [1.29, 1.82) is 0 Å². The first kappa shape index (κ1) is 13.4. The number of amides is 3. The zero-order valence-electron chi connectivity index (χ0n) is 11.5. The minimum absolute atomic E-state index is 0.0276. The maximum absolute atomic E-state index is 12.3. The van der Waals surface area contributed by atoms with Crippen molar-refractivity contribution in [2.45, 2.75) is 18.9 Å². The Kier molecular flexibility index (Phi) is 3.60. The molecule has 0 bridgehead atoms. The van der Waals surface area contributed by atoms with Gasteiger partial charge in [-0.05, 0) is 12.8 Å². The van der Waals surface area contributed by atoms with E-state index in [2.05, 4.69) is 5.32 Å². The Hall–Kier alpha value is -1.63. The number of nitrogens with one attached hydrogen (secondary N) is 1. The Labute approximate surface area is 117 Å². The topological polar surface area (TPSA) is 73.0 Å². The minimum atomic E-state index is -0.327. The Morgan fingerprint density at radius 3 is 2.70 bits per heavy atom. The monoisotopic (exact) mass is 280 g/mol. The molecule has 0 aromatic heterocycles. The summed E-state index contributed by atoms with van der Waals surface area (Å²) in [7, 11) is 0. The molecule has 3 aliphatic rings. The van der Waals surface area contributed by atoms with Crippen LogP contribution in [0, 0.1) is 0 Å². The van der Waals surface area contributed by atoms with Crippen LogP contribution >= 0.6 is 0 Å². The molecule has 3 heterocycles. The van der Waals surface area contributed by atoms with E-state index in [1.165, 1.54) is 4.90 Å². The van der Waals surface area contributed by atoms with E-state index < -0.39 is 0 Å². The first-order valence-electron chi connectivity index (χ1n) is 7.23. The highest BCUT2D eigenvalue weighted by atomic mass is 16.2. The zero-order valence-corrected chi connectivity index (χ0v) is 11.5. The highest BCUT2D eigenvalue weighted by Gasteiger charge is 2.42. The molecule has 1 N–H and O–H groups in total. The van der Waals surface area contributed by atoms with E-state index in [0.717, 1.165) is 25.9 Å². The first-order chi connectivity index (χ1) is 9.66. The number of carbonyl (C=O) groups is 3. The molecule has 7 nitrogen and oxygen atoms in total. The van der Waals surface area contributed by atoms with E-state index in [1.807, 2.05) is 0 Å². The van der Waals surface area contributed by atoms with Crippen LogP contribution < -0.4 is 5.32 Å². The van der Waals surface area contributed by atoms with Gasteiger partial charge in [-0.1, -0.05) is 0 Å². The number of hydrogen-bond acceptors (Lipinski definition) is 4. The predicted molar refractivity (Wildman–Crippen MR) is 70.8 cm³/mol. The summed E-state index contributed by atoms with van der Waals surface area (Å²) in [5, 5.41) is 3.18. The van der Waals surface area contributed by atoms with Gasteiger partial charge in [-0.3, -0.25) is 14.4 Å². The molecule has 1 unspecified atom stereocenters. The van der Waals surface area contributed by atoms with Crippen LogP contribution in [0.2, 0.25) is 0 Å². The number of rotatable bonds is 2. The molecule has 3 aliphatic heterocycles. The highest BCUT2D eigenvalue weighted by molar-refractivity contribution is 5.97. The van der Waals surface area contributed by atoms with Crippen molar-refractivity contribution in [3.05, 3.63) is 0 Å². The Morgan fingerprint density at radius 1 is 1.20 bits per heavy atom. The van der Waals surface area contributed by atoms with Crippen LogP contribution in [0.1, 0.15) is 12.8 Å². The van der Waals surface area contributed by atoms with Crippen molar-refractivity contribution >= 4 is 17.7 Å². The van der Waals surface area contributed by atoms with Gasteiger partial charge in [0.1, 0.15) is 19.1 Å². The molecule has 110 valence electrons. The molecule has 7 heteroatoms. The lowest BCUT2D eigenvalue weighted by Gasteiger charge is -2.37. The van der Waals surface area contributed by atoms with E-state index in [0.29, 0.717) is 19.6 Å². The molecule has 3 rings (SSSR count). The summed E-state index contributed by atoms with van der Waals surface area (Å²) < 4.78 is 0. The summed E-state index contributed by atoms with van der Waals surface area (Å²) in [5.74, 6) is -0.148. The molecule has 1 atom stereocenters. The second kappa shape index (κ2) is 5.40. The molecular weight excluding hydrogens is 260 g/mol. The van der Waals surface area contributed by atoms with E-state index in [-0.39, 0.29) is 36.9 Å².